The highest BCUT2D eigenvalue weighted by atomic mass is 16.5. The molecule has 6 nitrogen and oxygen atoms in total. The third kappa shape index (κ3) is 4.88. The van der Waals surface area contributed by atoms with Gasteiger partial charge in [-0.05, 0) is 29.8 Å². The predicted molar refractivity (Wildman–Crippen MR) is 92.7 cm³/mol. The van der Waals surface area contributed by atoms with Gasteiger partial charge in [0.15, 0.2) is 18.1 Å². The van der Waals surface area contributed by atoms with Gasteiger partial charge < -0.3 is 19.1 Å². The second-order valence-corrected chi connectivity index (χ2v) is 5.36. The molecule has 130 valence electrons. The van der Waals surface area contributed by atoms with Gasteiger partial charge in [0.05, 0.1) is 25.9 Å². The maximum Gasteiger partial charge on any atom is 0.260 e. The maximum absolute atomic E-state index is 12.2. The van der Waals surface area contributed by atoms with Crippen LogP contribution in [0.3, 0.4) is 0 Å². The molecule has 25 heavy (non-hydrogen) atoms. The van der Waals surface area contributed by atoms with E-state index in [1.807, 2.05) is 30.3 Å². The van der Waals surface area contributed by atoms with Gasteiger partial charge in [0.25, 0.3) is 5.91 Å². The molecule has 2 rings (SSSR count). The summed E-state index contributed by atoms with van der Waals surface area (Å²) in [6, 6.07) is 14.4. The van der Waals surface area contributed by atoms with Gasteiger partial charge in [-0.1, -0.05) is 12.1 Å². The molecule has 0 saturated heterocycles. The van der Waals surface area contributed by atoms with Gasteiger partial charge in [0.1, 0.15) is 5.75 Å². The average Bonchev–Trinajstić information content (AvgIpc) is 2.66. The second kappa shape index (κ2) is 8.60. The van der Waals surface area contributed by atoms with Crippen molar-refractivity contribution in [3.05, 3.63) is 53.6 Å². The van der Waals surface area contributed by atoms with E-state index >= 15 is 0 Å². The molecule has 0 aliphatic rings. The van der Waals surface area contributed by atoms with Crippen LogP contribution in [0.25, 0.3) is 0 Å². The SMILES string of the molecule is COc1ccc(CN(C)C(=O)COc2ccc(C#N)cc2OC)cc1. The lowest BCUT2D eigenvalue weighted by molar-refractivity contribution is -0.132. The van der Waals surface area contributed by atoms with Crippen LogP contribution in [0.2, 0.25) is 0 Å². The van der Waals surface area contributed by atoms with Crippen LogP contribution in [0.1, 0.15) is 11.1 Å². The van der Waals surface area contributed by atoms with E-state index in [4.69, 9.17) is 19.5 Å². The van der Waals surface area contributed by atoms with Crippen molar-refractivity contribution in [3.63, 3.8) is 0 Å². The number of carbonyl (C=O) groups excluding carboxylic acids is 1. The molecule has 0 N–H and O–H groups in total. The van der Waals surface area contributed by atoms with Crippen molar-refractivity contribution in [2.45, 2.75) is 6.54 Å². The Balaban J connectivity index is 1.94. The van der Waals surface area contributed by atoms with E-state index in [-0.39, 0.29) is 12.5 Å². The van der Waals surface area contributed by atoms with Crippen LogP contribution in [0.5, 0.6) is 17.2 Å². The summed E-state index contributed by atoms with van der Waals surface area (Å²) in [7, 11) is 4.81. The molecule has 1 amide bonds. The Kier molecular flexibility index (Phi) is 6.24. The van der Waals surface area contributed by atoms with Crippen LogP contribution < -0.4 is 14.2 Å². The van der Waals surface area contributed by atoms with Gasteiger partial charge >= 0.3 is 0 Å². The van der Waals surface area contributed by atoms with E-state index in [0.29, 0.717) is 23.6 Å². The summed E-state index contributed by atoms with van der Waals surface area (Å²) < 4.78 is 15.8. The number of amides is 1. The number of benzene rings is 2. The summed E-state index contributed by atoms with van der Waals surface area (Å²) in [5.74, 6) is 1.45. The van der Waals surface area contributed by atoms with Crippen molar-refractivity contribution in [1.29, 1.82) is 5.26 Å². The summed E-state index contributed by atoms with van der Waals surface area (Å²) in [6.45, 7) is 0.353. The molecule has 2 aromatic carbocycles. The smallest absolute Gasteiger partial charge is 0.260 e. The van der Waals surface area contributed by atoms with Gasteiger partial charge in [0, 0.05) is 19.7 Å². The van der Waals surface area contributed by atoms with Gasteiger partial charge in [-0.2, -0.15) is 5.26 Å². The molecule has 0 aliphatic heterocycles. The van der Waals surface area contributed by atoms with Gasteiger partial charge in [-0.15, -0.1) is 0 Å². The van der Waals surface area contributed by atoms with E-state index in [1.54, 1.807) is 37.3 Å². The monoisotopic (exact) mass is 340 g/mol. The van der Waals surface area contributed by atoms with Crippen molar-refractivity contribution in [3.8, 4) is 23.3 Å². The molecule has 6 heteroatoms. The Labute approximate surface area is 147 Å². The van der Waals surface area contributed by atoms with E-state index in [1.165, 1.54) is 7.11 Å². The molecule has 2 aromatic rings. The zero-order valence-electron chi connectivity index (χ0n) is 14.5. The first kappa shape index (κ1) is 18.1. The fraction of sp³-hybridized carbons (Fsp3) is 0.263. The third-order valence-corrected chi connectivity index (χ3v) is 3.65. The molecule has 0 saturated carbocycles. The fourth-order valence-electron chi connectivity index (χ4n) is 2.20. The molecular weight excluding hydrogens is 320 g/mol. The first-order chi connectivity index (χ1) is 12.1. The van der Waals surface area contributed by atoms with Crippen LogP contribution in [0.4, 0.5) is 0 Å². The number of likely N-dealkylation sites (N-methyl/N-ethyl adjacent to an activating group) is 1. The van der Waals surface area contributed by atoms with Crippen LogP contribution >= 0.6 is 0 Å². The minimum atomic E-state index is -0.165. The Morgan fingerprint density at radius 3 is 2.40 bits per heavy atom. The summed E-state index contributed by atoms with van der Waals surface area (Å²) in [4.78, 5) is 13.8. The van der Waals surface area contributed by atoms with Crippen LogP contribution in [0, 0.1) is 11.3 Å². The minimum Gasteiger partial charge on any atom is -0.497 e. The number of ether oxygens (including phenoxy) is 3. The van der Waals surface area contributed by atoms with E-state index in [9.17, 15) is 4.79 Å². The molecule has 0 aliphatic carbocycles. The van der Waals surface area contributed by atoms with E-state index < -0.39 is 0 Å². The first-order valence-corrected chi connectivity index (χ1v) is 7.65. The van der Waals surface area contributed by atoms with E-state index in [0.717, 1.165) is 11.3 Å². The molecule has 0 aromatic heterocycles. The third-order valence-electron chi connectivity index (χ3n) is 3.65. The molecule has 0 spiro atoms. The summed E-state index contributed by atoms with van der Waals surface area (Å²) in [6.07, 6.45) is 0. The lowest BCUT2D eigenvalue weighted by Crippen LogP contribution is -2.31. The normalized spacial score (nSPS) is 9.84. The molecule has 0 radical (unpaired) electrons. The summed E-state index contributed by atoms with van der Waals surface area (Å²) in [5, 5.41) is 8.90. The topological polar surface area (TPSA) is 71.8 Å². The first-order valence-electron chi connectivity index (χ1n) is 7.65. The summed E-state index contributed by atoms with van der Waals surface area (Å²) in [5.41, 5.74) is 1.46. The zero-order valence-corrected chi connectivity index (χ0v) is 14.5. The lowest BCUT2D eigenvalue weighted by atomic mass is 10.2. The highest BCUT2D eigenvalue weighted by molar-refractivity contribution is 5.77. The van der Waals surface area contributed by atoms with Crippen LogP contribution in [0.15, 0.2) is 42.5 Å². The number of nitrogens with zero attached hydrogens (tertiary/aromatic N) is 2. The number of carbonyl (C=O) groups is 1. The second-order valence-electron chi connectivity index (χ2n) is 5.36. The van der Waals surface area contributed by atoms with Crippen molar-refractivity contribution < 1.29 is 19.0 Å². The largest absolute Gasteiger partial charge is 0.497 e. The Bertz CT molecular complexity index is 766. The van der Waals surface area contributed by atoms with Gasteiger partial charge in [0.2, 0.25) is 0 Å². The maximum atomic E-state index is 12.2. The van der Waals surface area contributed by atoms with Crippen LogP contribution in [-0.4, -0.2) is 38.7 Å². The molecule has 0 bridgehead atoms. The Morgan fingerprint density at radius 1 is 1.08 bits per heavy atom. The number of hydrogen-bond donors (Lipinski definition) is 0. The number of hydrogen-bond acceptors (Lipinski definition) is 5. The zero-order chi connectivity index (χ0) is 18.2. The summed E-state index contributed by atoms with van der Waals surface area (Å²) >= 11 is 0. The Morgan fingerprint density at radius 2 is 1.80 bits per heavy atom. The van der Waals surface area contributed by atoms with E-state index in [2.05, 4.69) is 0 Å². The number of rotatable bonds is 7. The minimum absolute atomic E-state index is 0.116. The van der Waals surface area contributed by atoms with Crippen molar-refractivity contribution in [2.24, 2.45) is 0 Å². The van der Waals surface area contributed by atoms with Crippen molar-refractivity contribution in [2.75, 3.05) is 27.9 Å². The quantitative estimate of drug-likeness (QED) is 0.775. The highest BCUT2D eigenvalue weighted by Gasteiger charge is 2.13. The average molecular weight is 340 g/mol. The molecular formula is C19H20N2O4. The molecule has 0 atom stereocenters. The van der Waals surface area contributed by atoms with Gasteiger partial charge in [-0.25, -0.2) is 0 Å². The van der Waals surface area contributed by atoms with Gasteiger partial charge in [-0.3, -0.25) is 4.79 Å². The fourth-order valence-corrected chi connectivity index (χ4v) is 2.20. The molecule has 0 fully saturated rings. The molecule has 0 unspecified atom stereocenters. The lowest BCUT2D eigenvalue weighted by Gasteiger charge is -2.18. The Hall–Kier alpha value is -3.20. The number of nitriles is 1. The van der Waals surface area contributed by atoms with Crippen LogP contribution in [-0.2, 0) is 11.3 Å². The van der Waals surface area contributed by atoms with Crippen molar-refractivity contribution in [1.82, 2.24) is 4.90 Å². The predicted octanol–water partition coefficient (Wildman–Crippen LogP) is 2.61. The van der Waals surface area contributed by atoms with Crippen molar-refractivity contribution >= 4 is 5.91 Å². The standard InChI is InChI=1S/C19H20N2O4/c1-21(12-14-4-7-16(23-2)8-5-14)19(22)13-25-17-9-6-15(11-20)10-18(17)24-3/h4-10H,12-13H2,1-3H3. The molecule has 0 heterocycles. The highest BCUT2D eigenvalue weighted by Crippen LogP contribution is 2.27. The number of methoxy groups -OCH3 is 2.